The van der Waals surface area contributed by atoms with Gasteiger partial charge in [-0.05, 0) is 40.2 Å². The van der Waals surface area contributed by atoms with Gasteiger partial charge in [-0.15, -0.1) is 0 Å². The molecule has 0 unspecified atom stereocenters. The summed E-state index contributed by atoms with van der Waals surface area (Å²) in [6.45, 7) is 3.59. The second kappa shape index (κ2) is 3.77. The van der Waals surface area contributed by atoms with Crippen LogP contribution in [0.2, 0.25) is 0 Å². The molecule has 1 saturated carbocycles. The topological polar surface area (TPSA) is 20.3 Å². The number of likely N-dealkylation sites (N-methyl/N-ethyl adjacent to an activating group) is 1. The van der Waals surface area contributed by atoms with Gasteiger partial charge in [-0.2, -0.15) is 13.2 Å². The Bertz CT molecular complexity index is 256. The van der Waals surface area contributed by atoms with Crippen LogP contribution in [-0.4, -0.2) is 35.5 Å². The molecule has 0 atom stereocenters. The number of rotatable bonds is 3. The summed E-state index contributed by atoms with van der Waals surface area (Å²) < 4.78 is 37.2. The Hall–Kier alpha value is -0.580. The van der Waals surface area contributed by atoms with E-state index in [1.165, 1.54) is 0 Å². The lowest BCUT2D eigenvalue weighted by atomic mass is 9.71. The van der Waals surface area contributed by atoms with Crippen LogP contribution < -0.4 is 0 Å². The normalized spacial score (nSPS) is 20.5. The molecule has 0 amide bonds. The maximum Gasteiger partial charge on any atom is 0.451 e. The molecule has 1 fully saturated rings. The molecular formula is C10H16F3NO. The third kappa shape index (κ3) is 2.02. The maximum absolute atomic E-state index is 12.4. The highest BCUT2D eigenvalue weighted by Crippen LogP contribution is 2.42. The number of carbonyl (C=O) groups is 1. The molecule has 0 radical (unpaired) electrons. The number of hydrogen-bond acceptors (Lipinski definition) is 2. The number of nitrogens with zero attached hydrogens (tertiary/aromatic N) is 1. The third-order valence-corrected chi connectivity index (χ3v) is 3.31. The van der Waals surface area contributed by atoms with Gasteiger partial charge in [-0.3, -0.25) is 9.69 Å². The van der Waals surface area contributed by atoms with Crippen molar-refractivity contribution in [1.29, 1.82) is 0 Å². The molecule has 1 aliphatic rings. The number of alkyl halides is 3. The fourth-order valence-electron chi connectivity index (χ4n) is 2.01. The summed E-state index contributed by atoms with van der Waals surface area (Å²) in [5.74, 6) is -1.59. The fraction of sp³-hybridized carbons (Fsp3) is 0.900. The van der Waals surface area contributed by atoms with Crippen LogP contribution in [0.15, 0.2) is 0 Å². The molecular weight excluding hydrogens is 207 g/mol. The van der Waals surface area contributed by atoms with Gasteiger partial charge in [-0.1, -0.05) is 0 Å². The summed E-state index contributed by atoms with van der Waals surface area (Å²) in [4.78, 5) is 12.9. The number of hydrogen-bond donors (Lipinski definition) is 0. The first kappa shape index (κ1) is 12.5. The van der Waals surface area contributed by atoms with Crippen LogP contribution >= 0.6 is 0 Å². The minimum atomic E-state index is -4.72. The molecule has 0 N–H and O–H groups in total. The molecule has 0 aromatic heterocycles. The average molecular weight is 223 g/mol. The maximum atomic E-state index is 12.4. The minimum absolute atomic E-state index is 0.0587. The van der Waals surface area contributed by atoms with Gasteiger partial charge in [0.1, 0.15) is 0 Å². The standard InChI is InChI=1S/C10H16F3NO/c1-7(2)14(3)9(5-4-6-9)8(15)10(11,12)13/h7H,4-6H2,1-3H3. The number of ketones is 1. The quantitative estimate of drug-likeness (QED) is 0.732. The molecule has 0 aromatic carbocycles. The van der Waals surface area contributed by atoms with Crippen LogP contribution in [0.5, 0.6) is 0 Å². The monoisotopic (exact) mass is 223 g/mol. The van der Waals surface area contributed by atoms with Crippen molar-refractivity contribution in [3.63, 3.8) is 0 Å². The molecule has 0 spiro atoms. The molecule has 15 heavy (non-hydrogen) atoms. The zero-order valence-electron chi connectivity index (χ0n) is 9.19. The van der Waals surface area contributed by atoms with Crippen molar-refractivity contribution < 1.29 is 18.0 Å². The summed E-state index contributed by atoms with van der Waals surface area (Å²) in [6, 6.07) is -0.0587. The zero-order chi connectivity index (χ0) is 11.9. The van der Waals surface area contributed by atoms with E-state index in [2.05, 4.69) is 0 Å². The lowest BCUT2D eigenvalue weighted by molar-refractivity contribution is -0.190. The van der Waals surface area contributed by atoms with E-state index in [4.69, 9.17) is 0 Å². The Morgan fingerprint density at radius 1 is 1.33 bits per heavy atom. The summed E-state index contributed by atoms with van der Waals surface area (Å²) in [5, 5.41) is 0. The van der Waals surface area contributed by atoms with Crippen molar-refractivity contribution in [3.8, 4) is 0 Å². The third-order valence-electron chi connectivity index (χ3n) is 3.31. The van der Waals surface area contributed by atoms with E-state index >= 15 is 0 Å². The van der Waals surface area contributed by atoms with Gasteiger partial charge in [0, 0.05) is 6.04 Å². The van der Waals surface area contributed by atoms with Crippen LogP contribution in [0.25, 0.3) is 0 Å². The summed E-state index contributed by atoms with van der Waals surface area (Å²) in [7, 11) is 1.59. The van der Waals surface area contributed by atoms with Gasteiger partial charge in [0.25, 0.3) is 5.78 Å². The predicted molar refractivity (Wildman–Crippen MR) is 50.5 cm³/mol. The summed E-state index contributed by atoms with van der Waals surface area (Å²) >= 11 is 0. The molecule has 0 bridgehead atoms. The van der Waals surface area contributed by atoms with Gasteiger partial charge >= 0.3 is 6.18 Å². The summed E-state index contributed by atoms with van der Waals surface area (Å²) in [5.41, 5.74) is -1.29. The molecule has 1 aliphatic carbocycles. The van der Waals surface area contributed by atoms with E-state index in [9.17, 15) is 18.0 Å². The second-order valence-electron chi connectivity index (χ2n) is 4.42. The molecule has 88 valence electrons. The first-order chi connectivity index (χ1) is 6.72. The number of Topliss-reactive ketones (excluding diaryl/α,β-unsaturated/α-hetero) is 1. The minimum Gasteiger partial charge on any atom is -0.291 e. The van der Waals surface area contributed by atoms with Crippen molar-refractivity contribution in [2.24, 2.45) is 0 Å². The molecule has 5 heteroatoms. The highest BCUT2D eigenvalue weighted by atomic mass is 19.4. The number of carbonyl (C=O) groups excluding carboxylic acids is 1. The van der Waals surface area contributed by atoms with Crippen LogP contribution in [0.3, 0.4) is 0 Å². The number of halogens is 3. The summed E-state index contributed by atoms with van der Waals surface area (Å²) in [6.07, 6.45) is -3.39. The largest absolute Gasteiger partial charge is 0.451 e. The van der Waals surface area contributed by atoms with Gasteiger partial charge < -0.3 is 0 Å². The van der Waals surface area contributed by atoms with Crippen LogP contribution in [-0.2, 0) is 4.79 Å². The van der Waals surface area contributed by atoms with Crippen molar-refractivity contribution in [3.05, 3.63) is 0 Å². The average Bonchev–Trinajstić information content (AvgIpc) is 1.99. The van der Waals surface area contributed by atoms with E-state index in [1.54, 1.807) is 25.8 Å². The van der Waals surface area contributed by atoms with Crippen molar-refractivity contribution >= 4 is 5.78 Å². The van der Waals surface area contributed by atoms with Crippen molar-refractivity contribution in [2.45, 2.75) is 50.9 Å². The smallest absolute Gasteiger partial charge is 0.291 e. The molecule has 0 aliphatic heterocycles. The van der Waals surface area contributed by atoms with Gasteiger partial charge in [0.05, 0.1) is 5.54 Å². The van der Waals surface area contributed by atoms with Gasteiger partial charge in [0.2, 0.25) is 0 Å². The Kier molecular flexibility index (Phi) is 3.14. The molecule has 0 aromatic rings. The second-order valence-corrected chi connectivity index (χ2v) is 4.42. The first-order valence-corrected chi connectivity index (χ1v) is 5.06. The Labute approximate surface area is 87.4 Å². The lowest BCUT2D eigenvalue weighted by Gasteiger charge is -2.49. The van der Waals surface area contributed by atoms with Crippen molar-refractivity contribution in [1.82, 2.24) is 4.90 Å². The zero-order valence-corrected chi connectivity index (χ0v) is 9.19. The Balaban J connectivity index is 2.91. The molecule has 1 rings (SSSR count). The Morgan fingerprint density at radius 3 is 2.00 bits per heavy atom. The molecule has 0 saturated heterocycles. The van der Waals surface area contributed by atoms with Gasteiger partial charge in [0.15, 0.2) is 0 Å². The molecule has 0 heterocycles. The van der Waals surface area contributed by atoms with Gasteiger partial charge in [-0.25, -0.2) is 0 Å². The van der Waals surface area contributed by atoms with E-state index < -0.39 is 17.5 Å². The fourth-order valence-corrected chi connectivity index (χ4v) is 2.01. The van der Waals surface area contributed by atoms with Crippen LogP contribution in [0.4, 0.5) is 13.2 Å². The highest BCUT2D eigenvalue weighted by Gasteiger charge is 2.58. The first-order valence-electron chi connectivity index (χ1n) is 5.06. The van der Waals surface area contributed by atoms with Crippen LogP contribution in [0, 0.1) is 0 Å². The Morgan fingerprint density at radius 2 is 1.80 bits per heavy atom. The van der Waals surface area contributed by atoms with Crippen molar-refractivity contribution in [2.75, 3.05) is 7.05 Å². The van der Waals surface area contributed by atoms with E-state index in [0.29, 0.717) is 19.3 Å². The SMILES string of the molecule is CC(C)N(C)C1(C(=O)C(F)(F)F)CCC1. The van der Waals surface area contributed by atoms with Crippen LogP contribution in [0.1, 0.15) is 33.1 Å². The molecule has 2 nitrogen and oxygen atoms in total. The predicted octanol–water partition coefficient (Wildman–Crippen LogP) is 2.38. The lowest BCUT2D eigenvalue weighted by Crippen LogP contribution is -2.63. The highest BCUT2D eigenvalue weighted by molar-refractivity contribution is 5.94. The van der Waals surface area contributed by atoms with E-state index in [-0.39, 0.29) is 6.04 Å². The van der Waals surface area contributed by atoms with E-state index in [0.717, 1.165) is 0 Å². The van der Waals surface area contributed by atoms with E-state index in [1.807, 2.05) is 0 Å².